The van der Waals surface area contributed by atoms with Crippen molar-refractivity contribution < 1.29 is 10.2 Å². The van der Waals surface area contributed by atoms with Gasteiger partial charge in [-0.1, -0.05) is 0 Å². The molecule has 0 aliphatic heterocycles. The van der Waals surface area contributed by atoms with Crippen LogP contribution in [0.4, 0.5) is 5.69 Å². The van der Waals surface area contributed by atoms with E-state index in [-0.39, 0.29) is 19.3 Å². The second-order valence-electron chi connectivity index (χ2n) is 3.70. The number of hydrogen-bond acceptors (Lipinski definition) is 4. The summed E-state index contributed by atoms with van der Waals surface area (Å²) in [4.78, 5) is 0. The van der Waals surface area contributed by atoms with Crippen molar-refractivity contribution in [3.8, 4) is 6.07 Å². The summed E-state index contributed by atoms with van der Waals surface area (Å²) in [6.07, 6.45) is 0.644. The summed E-state index contributed by atoms with van der Waals surface area (Å²) in [6.45, 7) is 1.97. The lowest BCUT2D eigenvalue weighted by molar-refractivity contribution is 0.279. The van der Waals surface area contributed by atoms with E-state index in [1.165, 1.54) is 0 Å². The highest BCUT2D eigenvalue weighted by molar-refractivity contribution is 5.54. The molecule has 86 valence electrons. The number of benzene rings is 1. The predicted octanol–water partition coefficient (Wildman–Crippen LogP) is 1.23. The molecule has 0 heterocycles. The van der Waals surface area contributed by atoms with E-state index in [0.717, 1.165) is 5.69 Å². The third kappa shape index (κ3) is 3.23. The van der Waals surface area contributed by atoms with Gasteiger partial charge in [-0.3, -0.25) is 0 Å². The van der Waals surface area contributed by atoms with Crippen LogP contribution in [0.3, 0.4) is 0 Å². The summed E-state index contributed by atoms with van der Waals surface area (Å²) in [5.74, 6) is 0. The van der Waals surface area contributed by atoms with Crippen LogP contribution in [0, 0.1) is 11.3 Å². The topological polar surface area (TPSA) is 76.3 Å². The number of nitrogens with one attached hydrogen (secondary N) is 1. The van der Waals surface area contributed by atoms with Crippen LogP contribution in [0.25, 0.3) is 0 Å². The second kappa shape index (κ2) is 6.11. The second-order valence-corrected chi connectivity index (χ2v) is 3.70. The lowest BCUT2D eigenvalue weighted by atomic mass is 10.1. The number of hydrogen-bond donors (Lipinski definition) is 3. The lowest BCUT2D eigenvalue weighted by Crippen LogP contribution is -2.17. The molecule has 16 heavy (non-hydrogen) atoms. The van der Waals surface area contributed by atoms with Crippen LogP contribution >= 0.6 is 0 Å². The zero-order valence-electron chi connectivity index (χ0n) is 9.27. The third-order valence-corrected chi connectivity index (χ3v) is 2.37. The average Bonchev–Trinajstić information content (AvgIpc) is 2.30. The number of anilines is 1. The maximum Gasteiger partial charge on any atom is 0.0991 e. The van der Waals surface area contributed by atoms with Crippen LogP contribution in [0.5, 0.6) is 0 Å². The van der Waals surface area contributed by atoms with Gasteiger partial charge in [-0.05, 0) is 31.5 Å². The highest BCUT2D eigenvalue weighted by Crippen LogP contribution is 2.18. The van der Waals surface area contributed by atoms with E-state index in [2.05, 4.69) is 5.32 Å². The Morgan fingerprint density at radius 2 is 2.19 bits per heavy atom. The van der Waals surface area contributed by atoms with Crippen molar-refractivity contribution >= 4 is 5.69 Å². The highest BCUT2D eigenvalue weighted by Gasteiger charge is 2.06. The average molecular weight is 220 g/mol. The van der Waals surface area contributed by atoms with Gasteiger partial charge in [0.1, 0.15) is 0 Å². The predicted molar refractivity (Wildman–Crippen MR) is 61.9 cm³/mol. The van der Waals surface area contributed by atoms with Crippen LogP contribution in [-0.4, -0.2) is 22.9 Å². The van der Waals surface area contributed by atoms with E-state index in [1.807, 2.05) is 13.0 Å². The summed E-state index contributed by atoms with van der Waals surface area (Å²) in [6, 6.07) is 7.29. The Hall–Kier alpha value is -1.57. The van der Waals surface area contributed by atoms with Gasteiger partial charge in [0.2, 0.25) is 0 Å². The van der Waals surface area contributed by atoms with Gasteiger partial charge in [-0.2, -0.15) is 5.26 Å². The van der Waals surface area contributed by atoms with Gasteiger partial charge >= 0.3 is 0 Å². The molecule has 1 unspecified atom stereocenters. The summed E-state index contributed by atoms with van der Waals surface area (Å²) in [7, 11) is 0. The first kappa shape index (κ1) is 12.5. The van der Waals surface area contributed by atoms with Gasteiger partial charge in [0.05, 0.1) is 18.2 Å². The molecule has 4 heteroatoms. The maximum absolute atomic E-state index is 9.18. The van der Waals surface area contributed by atoms with E-state index in [4.69, 9.17) is 10.4 Å². The molecule has 0 aliphatic rings. The molecule has 0 saturated carbocycles. The van der Waals surface area contributed by atoms with Gasteiger partial charge in [-0.25, -0.2) is 0 Å². The zero-order valence-corrected chi connectivity index (χ0v) is 9.27. The van der Waals surface area contributed by atoms with Crippen LogP contribution < -0.4 is 5.32 Å². The van der Waals surface area contributed by atoms with Crippen molar-refractivity contribution in [3.63, 3.8) is 0 Å². The number of aliphatic hydroxyl groups is 2. The van der Waals surface area contributed by atoms with Crippen molar-refractivity contribution in [3.05, 3.63) is 29.3 Å². The molecule has 0 aliphatic carbocycles. The van der Waals surface area contributed by atoms with Gasteiger partial charge in [0, 0.05) is 23.9 Å². The van der Waals surface area contributed by atoms with Crippen molar-refractivity contribution in [2.45, 2.75) is 26.0 Å². The molecule has 0 saturated heterocycles. The van der Waals surface area contributed by atoms with Crippen molar-refractivity contribution in [1.29, 1.82) is 5.26 Å². The molecule has 0 radical (unpaired) electrons. The number of nitrogens with zero attached hydrogens (tertiary/aromatic N) is 1. The standard InChI is InChI=1S/C12H16N2O2/c1-9(4-5-15)14-12-3-2-10(7-13)6-11(12)8-16/h2-3,6,9,14-16H,4-5,8H2,1H3. The van der Waals surface area contributed by atoms with Gasteiger partial charge in [0.15, 0.2) is 0 Å². The molecule has 1 aromatic rings. The van der Waals surface area contributed by atoms with Crippen LogP contribution in [-0.2, 0) is 6.61 Å². The minimum Gasteiger partial charge on any atom is -0.396 e. The molecule has 1 aromatic carbocycles. The van der Waals surface area contributed by atoms with E-state index in [0.29, 0.717) is 17.5 Å². The molecule has 4 nitrogen and oxygen atoms in total. The lowest BCUT2D eigenvalue weighted by Gasteiger charge is -2.16. The fraction of sp³-hybridized carbons (Fsp3) is 0.417. The molecule has 0 aromatic heterocycles. The zero-order chi connectivity index (χ0) is 12.0. The molecule has 0 bridgehead atoms. The molecule has 1 atom stereocenters. The van der Waals surface area contributed by atoms with E-state index in [1.54, 1.807) is 18.2 Å². The molecular weight excluding hydrogens is 204 g/mol. The van der Waals surface area contributed by atoms with Crippen LogP contribution in [0.2, 0.25) is 0 Å². The first-order valence-corrected chi connectivity index (χ1v) is 5.22. The molecule has 0 amide bonds. The summed E-state index contributed by atoms with van der Waals surface area (Å²) < 4.78 is 0. The van der Waals surface area contributed by atoms with Crippen LogP contribution in [0.15, 0.2) is 18.2 Å². The van der Waals surface area contributed by atoms with Crippen molar-refractivity contribution in [2.24, 2.45) is 0 Å². The molecule has 0 spiro atoms. The molecule has 0 fully saturated rings. The number of nitriles is 1. The Morgan fingerprint density at radius 1 is 1.44 bits per heavy atom. The molecular formula is C12H16N2O2. The highest BCUT2D eigenvalue weighted by atomic mass is 16.3. The van der Waals surface area contributed by atoms with Gasteiger partial charge in [-0.15, -0.1) is 0 Å². The van der Waals surface area contributed by atoms with Crippen LogP contribution in [0.1, 0.15) is 24.5 Å². The third-order valence-electron chi connectivity index (χ3n) is 2.37. The fourth-order valence-electron chi connectivity index (χ4n) is 1.47. The van der Waals surface area contributed by atoms with Crippen molar-refractivity contribution in [2.75, 3.05) is 11.9 Å². The monoisotopic (exact) mass is 220 g/mol. The summed E-state index contributed by atoms with van der Waals surface area (Å²) >= 11 is 0. The Bertz CT molecular complexity index is 385. The number of aliphatic hydroxyl groups excluding tert-OH is 2. The van der Waals surface area contributed by atoms with E-state index < -0.39 is 0 Å². The van der Waals surface area contributed by atoms with Crippen molar-refractivity contribution in [1.82, 2.24) is 0 Å². The quantitative estimate of drug-likeness (QED) is 0.697. The Balaban J connectivity index is 2.84. The SMILES string of the molecule is CC(CCO)Nc1ccc(C#N)cc1CO. The van der Waals surface area contributed by atoms with E-state index in [9.17, 15) is 5.11 Å². The minimum atomic E-state index is -0.107. The fourth-order valence-corrected chi connectivity index (χ4v) is 1.47. The van der Waals surface area contributed by atoms with Gasteiger partial charge in [0.25, 0.3) is 0 Å². The minimum absolute atomic E-state index is 0.107. The number of rotatable bonds is 5. The maximum atomic E-state index is 9.18. The molecule has 3 N–H and O–H groups in total. The normalized spacial score (nSPS) is 11.9. The summed E-state index contributed by atoms with van der Waals surface area (Å²) in [5.41, 5.74) is 2.04. The Morgan fingerprint density at radius 3 is 2.75 bits per heavy atom. The summed E-state index contributed by atoms with van der Waals surface area (Å²) in [5, 5.41) is 29.9. The Kier molecular flexibility index (Phi) is 4.77. The van der Waals surface area contributed by atoms with Gasteiger partial charge < -0.3 is 15.5 Å². The first-order valence-electron chi connectivity index (χ1n) is 5.22. The molecule has 1 rings (SSSR count). The largest absolute Gasteiger partial charge is 0.396 e. The Labute approximate surface area is 95.2 Å². The van der Waals surface area contributed by atoms with E-state index >= 15 is 0 Å². The smallest absolute Gasteiger partial charge is 0.0991 e. The first-order chi connectivity index (χ1) is 7.71.